The van der Waals surface area contributed by atoms with E-state index in [0.717, 1.165) is 11.8 Å². The average molecular weight is 240 g/mol. The SMILES string of the molecule is C=C(C)CC(O)c1cccc(S(C)(=O)=O)c1. The predicted octanol–water partition coefficient (Wildman–Crippen LogP) is 2.09. The van der Waals surface area contributed by atoms with Crippen LogP contribution in [0.2, 0.25) is 0 Å². The summed E-state index contributed by atoms with van der Waals surface area (Å²) in [6.07, 6.45) is 0.893. The Morgan fingerprint density at radius 1 is 1.50 bits per heavy atom. The molecule has 0 aliphatic heterocycles. The van der Waals surface area contributed by atoms with E-state index in [1.165, 1.54) is 12.1 Å². The van der Waals surface area contributed by atoms with Gasteiger partial charge in [-0.25, -0.2) is 8.42 Å². The molecule has 1 unspecified atom stereocenters. The van der Waals surface area contributed by atoms with Crippen molar-refractivity contribution in [3.63, 3.8) is 0 Å². The molecular weight excluding hydrogens is 224 g/mol. The van der Waals surface area contributed by atoms with Crippen LogP contribution in [0.25, 0.3) is 0 Å². The molecular formula is C12H16O3S. The van der Waals surface area contributed by atoms with Crippen molar-refractivity contribution in [2.75, 3.05) is 6.26 Å². The average Bonchev–Trinajstić information content (AvgIpc) is 2.15. The fourth-order valence-corrected chi connectivity index (χ4v) is 2.08. The van der Waals surface area contributed by atoms with E-state index in [4.69, 9.17) is 0 Å². The lowest BCUT2D eigenvalue weighted by Crippen LogP contribution is -2.02. The van der Waals surface area contributed by atoms with Crippen molar-refractivity contribution in [3.8, 4) is 0 Å². The van der Waals surface area contributed by atoms with Gasteiger partial charge in [0.1, 0.15) is 0 Å². The van der Waals surface area contributed by atoms with E-state index in [1.54, 1.807) is 12.1 Å². The molecule has 0 aliphatic carbocycles. The third-order valence-electron chi connectivity index (χ3n) is 2.21. The minimum atomic E-state index is -3.22. The van der Waals surface area contributed by atoms with Crippen molar-refractivity contribution in [1.29, 1.82) is 0 Å². The summed E-state index contributed by atoms with van der Waals surface area (Å²) in [6.45, 7) is 5.54. The maximum Gasteiger partial charge on any atom is 0.175 e. The Balaban J connectivity index is 3.04. The molecule has 0 spiro atoms. The highest BCUT2D eigenvalue weighted by Crippen LogP contribution is 2.22. The fraction of sp³-hybridized carbons (Fsp3) is 0.333. The Morgan fingerprint density at radius 3 is 2.62 bits per heavy atom. The Labute approximate surface area is 96.4 Å². The minimum absolute atomic E-state index is 0.228. The van der Waals surface area contributed by atoms with E-state index in [0.29, 0.717) is 12.0 Å². The zero-order valence-electron chi connectivity index (χ0n) is 9.47. The van der Waals surface area contributed by atoms with Crippen LogP contribution in [0.3, 0.4) is 0 Å². The van der Waals surface area contributed by atoms with Crippen LogP contribution in [-0.4, -0.2) is 19.8 Å². The molecule has 0 saturated carbocycles. The normalized spacial score (nSPS) is 13.4. The van der Waals surface area contributed by atoms with Crippen LogP contribution in [0.4, 0.5) is 0 Å². The van der Waals surface area contributed by atoms with E-state index in [-0.39, 0.29) is 4.90 Å². The summed E-state index contributed by atoms with van der Waals surface area (Å²) < 4.78 is 22.7. The van der Waals surface area contributed by atoms with E-state index in [1.807, 2.05) is 6.92 Å². The monoisotopic (exact) mass is 240 g/mol. The number of aliphatic hydroxyl groups is 1. The van der Waals surface area contributed by atoms with Gasteiger partial charge >= 0.3 is 0 Å². The molecule has 0 aliphatic rings. The summed E-state index contributed by atoms with van der Waals surface area (Å²) in [6, 6.07) is 6.37. The molecule has 0 aromatic heterocycles. The largest absolute Gasteiger partial charge is 0.388 e. The molecule has 16 heavy (non-hydrogen) atoms. The summed E-state index contributed by atoms with van der Waals surface area (Å²) in [7, 11) is -3.22. The van der Waals surface area contributed by atoms with Crippen molar-refractivity contribution >= 4 is 9.84 Å². The lowest BCUT2D eigenvalue weighted by Gasteiger charge is -2.11. The second kappa shape index (κ2) is 4.80. The Hall–Kier alpha value is -1.13. The number of sulfone groups is 1. The van der Waals surface area contributed by atoms with E-state index in [9.17, 15) is 13.5 Å². The summed E-state index contributed by atoms with van der Waals surface area (Å²) in [4.78, 5) is 0.228. The van der Waals surface area contributed by atoms with Gasteiger partial charge in [0.2, 0.25) is 0 Å². The highest BCUT2D eigenvalue weighted by atomic mass is 32.2. The second-order valence-corrected chi connectivity index (χ2v) is 6.04. The van der Waals surface area contributed by atoms with Gasteiger partial charge < -0.3 is 5.11 Å². The first-order valence-electron chi connectivity index (χ1n) is 4.93. The van der Waals surface area contributed by atoms with Crippen molar-refractivity contribution < 1.29 is 13.5 Å². The molecule has 0 amide bonds. The van der Waals surface area contributed by atoms with E-state index >= 15 is 0 Å². The standard InChI is InChI=1S/C12H16O3S/c1-9(2)7-12(13)10-5-4-6-11(8-10)16(3,14)15/h4-6,8,12-13H,1,7H2,2-3H3. The molecule has 0 fully saturated rings. The van der Waals surface area contributed by atoms with Crippen LogP contribution < -0.4 is 0 Å². The molecule has 0 saturated heterocycles. The Morgan fingerprint density at radius 2 is 2.12 bits per heavy atom. The number of hydrogen-bond acceptors (Lipinski definition) is 3. The van der Waals surface area contributed by atoms with Gasteiger partial charge in [-0.2, -0.15) is 0 Å². The zero-order valence-corrected chi connectivity index (χ0v) is 10.3. The first-order chi connectivity index (χ1) is 7.30. The van der Waals surface area contributed by atoms with Crippen molar-refractivity contribution in [2.45, 2.75) is 24.3 Å². The number of rotatable bonds is 4. The van der Waals surface area contributed by atoms with Gasteiger partial charge in [-0.1, -0.05) is 17.7 Å². The molecule has 1 rings (SSSR count). The highest BCUT2D eigenvalue weighted by molar-refractivity contribution is 7.90. The third-order valence-corrected chi connectivity index (χ3v) is 3.32. The highest BCUT2D eigenvalue weighted by Gasteiger charge is 2.12. The molecule has 0 heterocycles. The summed E-state index contributed by atoms with van der Waals surface area (Å²) >= 11 is 0. The molecule has 0 bridgehead atoms. The Kier molecular flexibility index (Phi) is 3.88. The van der Waals surface area contributed by atoms with Crippen LogP contribution in [-0.2, 0) is 9.84 Å². The minimum Gasteiger partial charge on any atom is -0.388 e. The molecule has 88 valence electrons. The molecule has 0 radical (unpaired) electrons. The van der Waals surface area contributed by atoms with Gasteiger partial charge in [0, 0.05) is 6.26 Å². The summed E-state index contributed by atoms with van der Waals surface area (Å²) in [5.74, 6) is 0. The summed E-state index contributed by atoms with van der Waals surface area (Å²) in [5, 5.41) is 9.83. The first-order valence-corrected chi connectivity index (χ1v) is 6.82. The lowest BCUT2D eigenvalue weighted by atomic mass is 10.0. The number of benzene rings is 1. The van der Waals surface area contributed by atoms with Gasteiger partial charge in [-0.3, -0.25) is 0 Å². The van der Waals surface area contributed by atoms with Crippen LogP contribution in [0.5, 0.6) is 0 Å². The van der Waals surface area contributed by atoms with Crippen molar-refractivity contribution in [3.05, 3.63) is 42.0 Å². The molecule has 1 atom stereocenters. The Bertz CT molecular complexity index is 489. The van der Waals surface area contributed by atoms with Crippen LogP contribution in [0.1, 0.15) is 25.0 Å². The molecule has 1 N–H and O–H groups in total. The van der Waals surface area contributed by atoms with E-state index < -0.39 is 15.9 Å². The second-order valence-electron chi connectivity index (χ2n) is 4.02. The van der Waals surface area contributed by atoms with E-state index in [2.05, 4.69) is 6.58 Å². The zero-order chi connectivity index (χ0) is 12.3. The smallest absolute Gasteiger partial charge is 0.175 e. The van der Waals surface area contributed by atoms with Crippen molar-refractivity contribution in [2.24, 2.45) is 0 Å². The van der Waals surface area contributed by atoms with Crippen molar-refractivity contribution in [1.82, 2.24) is 0 Å². The van der Waals surface area contributed by atoms with Gasteiger partial charge in [0.25, 0.3) is 0 Å². The molecule has 3 nitrogen and oxygen atoms in total. The van der Waals surface area contributed by atoms with Gasteiger partial charge in [0.15, 0.2) is 9.84 Å². The first kappa shape index (κ1) is 12.9. The third kappa shape index (κ3) is 3.47. The summed E-state index contributed by atoms with van der Waals surface area (Å²) in [5.41, 5.74) is 1.46. The molecule has 4 heteroatoms. The van der Waals surface area contributed by atoms with Gasteiger partial charge in [-0.15, -0.1) is 6.58 Å². The lowest BCUT2D eigenvalue weighted by molar-refractivity contribution is 0.178. The fourth-order valence-electron chi connectivity index (χ4n) is 1.40. The van der Waals surface area contributed by atoms with Gasteiger partial charge in [0.05, 0.1) is 11.0 Å². The predicted molar refractivity (Wildman–Crippen MR) is 63.9 cm³/mol. The van der Waals surface area contributed by atoms with Gasteiger partial charge in [-0.05, 0) is 31.0 Å². The quantitative estimate of drug-likeness (QED) is 0.820. The van der Waals surface area contributed by atoms with Crippen LogP contribution in [0, 0.1) is 0 Å². The maximum absolute atomic E-state index is 11.3. The maximum atomic E-state index is 11.3. The number of hydrogen-bond donors (Lipinski definition) is 1. The molecule has 1 aromatic carbocycles. The molecule has 1 aromatic rings. The topological polar surface area (TPSA) is 54.4 Å². The number of aliphatic hydroxyl groups excluding tert-OH is 1. The van der Waals surface area contributed by atoms with Crippen LogP contribution in [0.15, 0.2) is 41.3 Å². The van der Waals surface area contributed by atoms with Crippen LogP contribution >= 0.6 is 0 Å².